The maximum Gasteiger partial charge on any atom is 0.191 e. The van der Waals surface area contributed by atoms with Crippen molar-refractivity contribution >= 4 is 16.9 Å². The van der Waals surface area contributed by atoms with Gasteiger partial charge in [0, 0.05) is 25.2 Å². The minimum absolute atomic E-state index is 0.0213. The van der Waals surface area contributed by atoms with E-state index in [0.717, 1.165) is 22.6 Å². The van der Waals surface area contributed by atoms with Gasteiger partial charge in [-0.05, 0) is 43.7 Å². The molecule has 1 unspecified atom stereocenters. The smallest absolute Gasteiger partial charge is 0.191 e. The van der Waals surface area contributed by atoms with Crippen LogP contribution in [0.1, 0.15) is 18.1 Å². The zero-order valence-corrected chi connectivity index (χ0v) is 16.1. The summed E-state index contributed by atoms with van der Waals surface area (Å²) in [5.41, 5.74) is 3.41. The molecule has 1 heterocycles. The Hall–Kier alpha value is -3.08. The molecular weight excluding hydrogens is 336 g/mol. The minimum Gasteiger partial charge on any atom is -0.489 e. The van der Waals surface area contributed by atoms with E-state index in [1.165, 1.54) is 11.1 Å². The number of hydrogen-bond acceptors (Lipinski definition) is 3. The summed E-state index contributed by atoms with van der Waals surface area (Å²) in [5, 5.41) is 7.83. The number of guanidine groups is 1. The Morgan fingerprint density at radius 1 is 1.07 bits per heavy atom. The van der Waals surface area contributed by atoms with Crippen LogP contribution in [0.2, 0.25) is 0 Å². The van der Waals surface area contributed by atoms with E-state index in [0.29, 0.717) is 13.1 Å². The van der Waals surface area contributed by atoms with Crippen molar-refractivity contribution in [3.63, 3.8) is 0 Å². The molecule has 0 aliphatic rings. The maximum atomic E-state index is 5.93. The molecule has 27 heavy (non-hydrogen) atoms. The van der Waals surface area contributed by atoms with Crippen molar-refractivity contribution in [2.24, 2.45) is 4.99 Å². The number of fused-ring (bicyclic) bond motifs is 1. The van der Waals surface area contributed by atoms with Crippen molar-refractivity contribution in [3.05, 3.63) is 71.9 Å². The molecular formula is C22H26N4O. The van der Waals surface area contributed by atoms with Gasteiger partial charge in [0.1, 0.15) is 11.9 Å². The third-order valence-corrected chi connectivity index (χ3v) is 4.32. The number of pyridine rings is 1. The van der Waals surface area contributed by atoms with Gasteiger partial charge in [-0.3, -0.25) is 9.98 Å². The summed E-state index contributed by atoms with van der Waals surface area (Å²) in [4.78, 5) is 8.70. The Morgan fingerprint density at radius 2 is 1.85 bits per heavy atom. The van der Waals surface area contributed by atoms with Crippen molar-refractivity contribution < 1.29 is 4.74 Å². The van der Waals surface area contributed by atoms with Crippen LogP contribution in [0.15, 0.2) is 65.8 Å². The summed E-state index contributed by atoms with van der Waals surface area (Å²) < 4.78 is 5.93. The van der Waals surface area contributed by atoms with E-state index in [4.69, 9.17) is 4.74 Å². The SMILES string of the molecule is CN=C(NCc1ccnc2ccccc12)NCC(C)Oc1ccc(C)cc1. The Morgan fingerprint density at radius 3 is 2.63 bits per heavy atom. The summed E-state index contributed by atoms with van der Waals surface area (Å²) in [7, 11) is 1.77. The highest BCUT2D eigenvalue weighted by Gasteiger charge is 2.07. The summed E-state index contributed by atoms with van der Waals surface area (Å²) in [6.07, 6.45) is 1.86. The van der Waals surface area contributed by atoms with Crippen LogP contribution in [0, 0.1) is 6.92 Å². The number of nitrogens with one attached hydrogen (secondary N) is 2. The average Bonchev–Trinajstić information content (AvgIpc) is 2.70. The van der Waals surface area contributed by atoms with E-state index in [9.17, 15) is 0 Å². The first-order valence-corrected chi connectivity index (χ1v) is 9.16. The van der Waals surface area contributed by atoms with Gasteiger partial charge in [0.2, 0.25) is 0 Å². The highest BCUT2D eigenvalue weighted by atomic mass is 16.5. The van der Waals surface area contributed by atoms with E-state index in [2.05, 4.69) is 45.7 Å². The monoisotopic (exact) mass is 362 g/mol. The number of aromatic nitrogens is 1. The molecule has 3 rings (SSSR count). The molecule has 0 saturated carbocycles. The van der Waals surface area contributed by atoms with Gasteiger partial charge >= 0.3 is 0 Å². The second-order valence-electron chi connectivity index (χ2n) is 6.54. The number of hydrogen-bond donors (Lipinski definition) is 2. The van der Waals surface area contributed by atoms with Gasteiger partial charge in [-0.15, -0.1) is 0 Å². The molecule has 1 aromatic heterocycles. The number of benzene rings is 2. The van der Waals surface area contributed by atoms with Crippen molar-refractivity contribution in [2.45, 2.75) is 26.5 Å². The standard InChI is InChI=1S/C22H26N4O/c1-16-8-10-19(11-9-16)27-17(2)14-25-22(23-3)26-15-18-12-13-24-21-7-5-4-6-20(18)21/h4-13,17H,14-15H2,1-3H3,(H2,23,25,26). The van der Waals surface area contributed by atoms with Crippen molar-refractivity contribution in [3.8, 4) is 5.75 Å². The van der Waals surface area contributed by atoms with Crippen LogP contribution in [0.3, 0.4) is 0 Å². The molecule has 5 heteroatoms. The molecule has 0 bridgehead atoms. The average molecular weight is 362 g/mol. The van der Waals surface area contributed by atoms with Gasteiger partial charge in [0.15, 0.2) is 5.96 Å². The molecule has 1 atom stereocenters. The Bertz CT molecular complexity index is 900. The number of ether oxygens (including phenoxy) is 1. The molecule has 140 valence electrons. The summed E-state index contributed by atoms with van der Waals surface area (Å²) in [5.74, 6) is 1.62. The molecule has 0 radical (unpaired) electrons. The lowest BCUT2D eigenvalue weighted by Crippen LogP contribution is -2.41. The molecule has 2 aromatic carbocycles. The van der Waals surface area contributed by atoms with Crippen molar-refractivity contribution in [1.29, 1.82) is 0 Å². The number of aryl methyl sites for hydroxylation is 1. The largest absolute Gasteiger partial charge is 0.489 e. The van der Waals surface area contributed by atoms with E-state index in [-0.39, 0.29) is 6.10 Å². The van der Waals surface area contributed by atoms with Gasteiger partial charge in [0.25, 0.3) is 0 Å². The first-order valence-electron chi connectivity index (χ1n) is 9.16. The van der Waals surface area contributed by atoms with Crippen LogP contribution in [0.5, 0.6) is 5.75 Å². The predicted octanol–water partition coefficient (Wildman–Crippen LogP) is 3.68. The second-order valence-corrected chi connectivity index (χ2v) is 6.54. The van der Waals surface area contributed by atoms with Crippen LogP contribution in [0.4, 0.5) is 0 Å². The lowest BCUT2D eigenvalue weighted by Gasteiger charge is -2.18. The topological polar surface area (TPSA) is 58.5 Å². The number of aliphatic imine (C=N–C) groups is 1. The third-order valence-electron chi connectivity index (χ3n) is 4.32. The normalized spacial score (nSPS) is 12.6. The Balaban J connectivity index is 1.52. The summed E-state index contributed by atoms with van der Waals surface area (Å²) >= 11 is 0. The Kier molecular flexibility index (Phi) is 6.26. The zero-order valence-electron chi connectivity index (χ0n) is 16.1. The minimum atomic E-state index is 0.0213. The van der Waals surface area contributed by atoms with Crippen LogP contribution in [0.25, 0.3) is 10.9 Å². The number of nitrogens with zero attached hydrogens (tertiary/aromatic N) is 2. The number of rotatable bonds is 6. The van der Waals surface area contributed by atoms with Gasteiger partial charge in [-0.1, -0.05) is 35.9 Å². The quantitative estimate of drug-likeness (QED) is 0.519. The van der Waals surface area contributed by atoms with Gasteiger partial charge in [-0.25, -0.2) is 0 Å². The molecule has 0 fully saturated rings. The fraction of sp³-hybridized carbons (Fsp3) is 0.273. The second kappa shape index (κ2) is 9.03. The predicted molar refractivity (Wildman–Crippen MR) is 111 cm³/mol. The van der Waals surface area contributed by atoms with Crippen LogP contribution >= 0.6 is 0 Å². The van der Waals surface area contributed by atoms with Crippen LogP contribution in [-0.2, 0) is 6.54 Å². The third kappa shape index (κ3) is 5.20. The molecule has 2 N–H and O–H groups in total. The molecule has 0 aliphatic heterocycles. The van der Waals surface area contributed by atoms with Crippen LogP contribution < -0.4 is 15.4 Å². The van der Waals surface area contributed by atoms with E-state index in [1.807, 2.05) is 49.5 Å². The molecule has 5 nitrogen and oxygen atoms in total. The summed E-state index contributed by atoms with van der Waals surface area (Å²) in [6.45, 7) is 5.44. The summed E-state index contributed by atoms with van der Waals surface area (Å²) in [6, 6.07) is 18.3. The lowest BCUT2D eigenvalue weighted by atomic mass is 10.1. The van der Waals surface area contributed by atoms with E-state index >= 15 is 0 Å². The molecule has 3 aromatic rings. The van der Waals surface area contributed by atoms with Gasteiger partial charge < -0.3 is 15.4 Å². The van der Waals surface area contributed by atoms with E-state index < -0.39 is 0 Å². The molecule has 0 aliphatic carbocycles. The fourth-order valence-electron chi connectivity index (χ4n) is 2.84. The zero-order chi connectivity index (χ0) is 19.1. The van der Waals surface area contributed by atoms with Crippen molar-refractivity contribution in [1.82, 2.24) is 15.6 Å². The maximum absolute atomic E-state index is 5.93. The Labute approximate surface area is 160 Å². The first-order chi connectivity index (χ1) is 13.2. The highest BCUT2D eigenvalue weighted by molar-refractivity contribution is 5.83. The lowest BCUT2D eigenvalue weighted by molar-refractivity contribution is 0.224. The van der Waals surface area contributed by atoms with Crippen LogP contribution in [-0.4, -0.2) is 30.6 Å². The van der Waals surface area contributed by atoms with Gasteiger partial charge in [-0.2, -0.15) is 0 Å². The van der Waals surface area contributed by atoms with Gasteiger partial charge in [0.05, 0.1) is 12.1 Å². The van der Waals surface area contributed by atoms with Crippen molar-refractivity contribution in [2.75, 3.05) is 13.6 Å². The number of para-hydroxylation sites is 1. The fourth-order valence-corrected chi connectivity index (χ4v) is 2.84. The first kappa shape index (κ1) is 18.7. The van der Waals surface area contributed by atoms with E-state index in [1.54, 1.807) is 7.05 Å². The molecule has 0 spiro atoms. The highest BCUT2D eigenvalue weighted by Crippen LogP contribution is 2.16. The molecule has 0 saturated heterocycles. The molecule has 0 amide bonds.